The Kier molecular flexibility index (Phi) is 6.90. The molecule has 1 saturated heterocycles. The Morgan fingerprint density at radius 3 is 2.50 bits per heavy atom. The lowest BCUT2D eigenvalue weighted by molar-refractivity contribution is -0.134. The molecule has 2 rings (SSSR count). The van der Waals surface area contributed by atoms with E-state index in [-0.39, 0.29) is 24.3 Å². The van der Waals surface area contributed by atoms with Crippen molar-refractivity contribution < 1.29 is 9.59 Å². The molecule has 2 heterocycles. The number of aryl methyl sites for hydroxylation is 1. The van der Waals surface area contributed by atoms with E-state index in [0.717, 1.165) is 24.4 Å². The number of carbonyl (C=O) groups is 2. The fourth-order valence-corrected chi connectivity index (χ4v) is 2.96. The van der Waals surface area contributed by atoms with Crippen molar-refractivity contribution in [3.63, 3.8) is 0 Å². The zero-order valence-corrected chi connectivity index (χ0v) is 16.1. The largest absolute Gasteiger partial charge is 0.355 e. The zero-order chi connectivity index (χ0) is 19.3. The first kappa shape index (κ1) is 20.1. The van der Waals surface area contributed by atoms with Gasteiger partial charge in [-0.1, -0.05) is 13.8 Å². The summed E-state index contributed by atoms with van der Waals surface area (Å²) in [5.74, 6) is 0.544. The third-order valence-electron chi connectivity index (χ3n) is 4.94. The Hall–Kier alpha value is -2.22. The van der Waals surface area contributed by atoms with Crippen molar-refractivity contribution in [1.29, 1.82) is 0 Å². The highest BCUT2D eigenvalue weighted by molar-refractivity contribution is 5.87. The van der Waals surface area contributed by atoms with E-state index < -0.39 is 6.04 Å². The Bertz CT molecular complexity index is 611. The third kappa shape index (κ3) is 5.14. The molecule has 0 unspecified atom stereocenters. The van der Waals surface area contributed by atoms with Crippen LogP contribution in [0.3, 0.4) is 0 Å². The highest BCUT2D eigenvalue weighted by Crippen LogP contribution is 2.20. The lowest BCUT2D eigenvalue weighted by Gasteiger charge is -2.37. The minimum Gasteiger partial charge on any atom is -0.355 e. The molecule has 0 bridgehead atoms. The van der Waals surface area contributed by atoms with Gasteiger partial charge < -0.3 is 20.9 Å². The number of anilines is 1. The number of amides is 2. The maximum Gasteiger partial charge on any atom is 0.241 e. The van der Waals surface area contributed by atoms with Crippen LogP contribution in [0.25, 0.3) is 0 Å². The van der Waals surface area contributed by atoms with Crippen molar-refractivity contribution in [3.05, 3.63) is 17.8 Å². The van der Waals surface area contributed by atoms with Gasteiger partial charge in [0.1, 0.15) is 0 Å². The standard InChI is InChI=1S/C18H30N6O2/c1-12(2)17(19)18(26)20-11-16(25)24-9-7-14(8-10-24)23(4)15-6-5-13(3)21-22-15/h5-6,12,14,17H,7-11,19H2,1-4H3,(H,20,26)/t17-/m0/s1. The minimum atomic E-state index is -0.585. The molecule has 26 heavy (non-hydrogen) atoms. The van der Waals surface area contributed by atoms with Crippen molar-refractivity contribution in [2.45, 2.75) is 45.7 Å². The number of carbonyl (C=O) groups excluding carboxylic acids is 2. The Morgan fingerprint density at radius 2 is 1.96 bits per heavy atom. The van der Waals surface area contributed by atoms with Gasteiger partial charge in [0.25, 0.3) is 0 Å². The van der Waals surface area contributed by atoms with E-state index in [2.05, 4.69) is 20.4 Å². The fourth-order valence-electron chi connectivity index (χ4n) is 2.96. The van der Waals surface area contributed by atoms with Crippen LogP contribution in [0, 0.1) is 12.8 Å². The Morgan fingerprint density at radius 1 is 1.31 bits per heavy atom. The van der Waals surface area contributed by atoms with Crippen molar-refractivity contribution in [1.82, 2.24) is 20.4 Å². The molecular formula is C18H30N6O2. The van der Waals surface area contributed by atoms with Gasteiger partial charge >= 0.3 is 0 Å². The first-order chi connectivity index (χ1) is 12.3. The summed E-state index contributed by atoms with van der Waals surface area (Å²) in [7, 11) is 2.01. The predicted molar refractivity (Wildman–Crippen MR) is 101 cm³/mol. The molecule has 1 aromatic rings. The van der Waals surface area contributed by atoms with Crippen molar-refractivity contribution in [3.8, 4) is 0 Å². The summed E-state index contributed by atoms with van der Waals surface area (Å²) in [5, 5.41) is 11.0. The van der Waals surface area contributed by atoms with Crippen LogP contribution in [0.2, 0.25) is 0 Å². The molecule has 1 atom stereocenters. The van der Waals surface area contributed by atoms with E-state index in [0.29, 0.717) is 19.1 Å². The lowest BCUT2D eigenvalue weighted by atomic mass is 10.0. The van der Waals surface area contributed by atoms with Crippen LogP contribution in [-0.2, 0) is 9.59 Å². The number of piperidine rings is 1. The van der Waals surface area contributed by atoms with Crippen LogP contribution in [-0.4, -0.2) is 65.7 Å². The van der Waals surface area contributed by atoms with E-state index in [1.165, 1.54) is 0 Å². The first-order valence-corrected chi connectivity index (χ1v) is 9.13. The van der Waals surface area contributed by atoms with E-state index in [1.54, 1.807) is 4.90 Å². The smallest absolute Gasteiger partial charge is 0.241 e. The van der Waals surface area contributed by atoms with Gasteiger partial charge in [-0.05, 0) is 37.8 Å². The van der Waals surface area contributed by atoms with Crippen LogP contribution < -0.4 is 16.0 Å². The normalized spacial score (nSPS) is 16.5. The average Bonchev–Trinajstić information content (AvgIpc) is 2.65. The van der Waals surface area contributed by atoms with E-state index in [9.17, 15) is 9.59 Å². The van der Waals surface area contributed by atoms with Gasteiger partial charge in [0, 0.05) is 26.2 Å². The van der Waals surface area contributed by atoms with E-state index in [1.807, 2.05) is 40.0 Å². The van der Waals surface area contributed by atoms with Gasteiger partial charge in [-0.25, -0.2) is 0 Å². The summed E-state index contributed by atoms with van der Waals surface area (Å²) in [6.07, 6.45) is 1.72. The maximum absolute atomic E-state index is 12.3. The number of hydrogen-bond acceptors (Lipinski definition) is 6. The van der Waals surface area contributed by atoms with Crippen LogP contribution in [0.1, 0.15) is 32.4 Å². The van der Waals surface area contributed by atoms with Crippen LogP contribution in [0.4, 0.5) is 5.82 Å². The molecule has 8 heteroatoms. The molecule has 1 aliphatic rings. The van der Waals surface area contributed by atoms with Gasteiger partial charge in [0.2, 0.25) is 11.8 Å². The molecule has 1 fully saturated rings. The van der Waals surface area contributed by atoms with Crippen LogP contribution in [0.5, 0.6) is 0 Å². The number of nitrogens with two attached hydrogens (primary N) is 1. The van der Waals surface area contributed by atoms with Crippen LogP contribution in [0.15, 0.2) is 12.1 Å². The molecule has 0 radical (unpaired) electrons. The molecule has 3 N–H and O–H groups in total. The zero-order valence-electron chi connectivity index (χ0n) is 16.1. The highest BCUT2D eigenvalue weighted by atomic mass is 16.2. The summed E-state index contributed by atoms with van der Waals surface area (Å²) < 4.78 is 0. The van der Waals surface area contributed by atoms with Crippen molar-refractivity contribution in [2.75, 3.05) is 31.6 Å². The molecule has 0 aliphatic carbocycles. The van der Waals surface area contributed by atoms with E-state index >= 15 is 0 Å². The Labute approximate surface area is 155 Å². The van der Waals surface area contributed by atoms with Gasteiger partial charge in [-0.15, -0.1) is 5.10 Å². The molecule has 8 nitrogen and oxygen atoms in total. The summed E-state index contributed by atoms with van der Waals surface area (Å²) in [6, 6.07) is 3.65. The van der Waals surface area contributed by atoms with Gasteiger partial charge in [0.05, 0.1) is 18.3 Å². The quantitative estimate of drug-likeness (QED) is 0.755. The molecule has 0 spiro atoms. The summed E-state index contributed by atoms with van der Waals surface area (Å²) in [4.78, 5) is 28.1. The monoisotopic (exact) mass is 362 g/mol. The number of hydrogen-bond donors (Lipinski definition) is 2. The molecule has 0 aromatic carbocycles. The fraction of sp³-hybridized carbons (Fsp3) is 0.667. The lowest BCUT2D eigenvalue weighted by Crippen LogP contribution is -2.51. The maximum atomic E-state index is 12.3. The van der Waals surface area contributed by atoms with Crippen molar-refractivity contribution >= 4 is 17.6 Å². The predicted octanol–water partition coefficient (Wildman–Crippen LogP) is 0.312. The second-order valence-electron chi connectivity index (χ2n) is 7.24. The summed E-state index contributed by atoms with van der Waals surface area (Å²) >= 11 is 0. The molecule has 0 saturated carbocycles. The SMILES string of the molecule is Cc1ccc(N(C)C2CCN(C(=O)CNC(=O)[C@@H](N)C(C)C)CC2)nn1. The number of rotatable bonds is 6. The molecule has 2 amide bonds. The average molecular weight is 362 g/mol. The van der Waals surface area contributed by atoms with E-state index in [4.69, 9.17) is 5.73 Å². The molecule has 1 aliphatic heterocycles. The Balaban J connectivity index is 1.79. The minimum absolute atomic E-state index is 0.00317. The third-order valence-corrected chi connectivity index (χ3v) is 4.94. The number of nitrogens with zero attached hydrogens (tertiary/aromatic N) is 4. The summed E-state index contributed by atoms with van der Waals surface area (Å²) in [5.41, 5.74) is 6.68. The molecular weight excluding hydrogens is 332 g/mol. The molecule has 144 valence electrons. The van der Waals surface area contributed by atoms with Crippen LogP contribution >= 0.6 is 0 Å². The van der Waals surface area contributed by atoms with Crippen molar-refractivity contribution in [2.24, 2.45) is 11.7 Å². The van der Waals surface area contributed by atoms with Gasteiger partial charge in [0.15, 0.2) is 5.82 Å². The number of nitrogens with one attached hydrogen (secondary N) is 1. The second-order valence-corrected chi connectivity index (χ2v) is 7.24. The second kappa shape index (κ2) is 8.93. The number of likely N-dealkylation sites (tertiary alicyclic amines) is 1. The highest BCUT2D eigenvalue weighted by Gasteiger charge is 2.26. The number of aromatic nitrogens is 2. The van der Waals surface area contributed by atoms with Gasteiger partial charge in [-0.2, -0.15) is 5.10 Å². The van der Waals surface area contributed by atoms with Gasteiger partial charge in [-0.3, -0.25) is 9.59 Å². The first-order valence-electron chi connectivity index (χ1n) is 9.13. The topological polar surface area (TPSA) is 104 Å². The summed E-state index contributed by atoms with van der Waals surface area (Å²) in [6.45, 7) is 7.01. The molecule has 1 aromatic heterocycles.